The van der Waals surface area contributed by atoms with Crippen LogP contribution in [0, 0.1) is 5.92 Å². The molecule has 3 rings (SSSR count). The lowest BCUT2D eigenvalue weighted by atomic mass is 10.1. The molecule has 0 saturated carbocycles. The smallest absolute Gasteiger partial charge is 0.242 e. The summed E-state index contributed by atoms with van der Waals surface area (Å²) in [6.07, 6.45) is 0.831. The molecule has 0 bridgehead atoms. The Morgan fingerprint density at radius 2 is 1.74 bits per heavy atom. The molecular formula is C24H29N3O4. The molecule has 0 unspecified atom stereocenters. The number of nitrogens with zero attached hydrogens (tertiary/aromatic N) is 1. The molecule has 0 aliphatic carbocycles. The van der Waals surface area contributed by atoms with Crippen LogP contribution in [0.4, 0.5) is 5.69 Å². The average molecular weight is 424 g/mol. The molecule has 0 radical (unpaired) electrons. The van der Waals surface area contributed by atoms with Crippen LogP contribution < -0.4 is 20.3 Å². The summed E-state index contributed by atoms with van der Waals surface area (Å²) in [6, 6.07) is 16.3. The molecule has 0 aromatic heterocycles. The van der Waals surface area contributed by atoms with Crippen molar-refractivity contribution in [1.82, 2.24) is 10.6 Å². The molecule has 1 aliphatic heterocycles. The Hall–Kier alpha value is -3.35. The Morgan fingerprint density at radius 3 is 2.39 bits per heavy atom. The maximum absolute atomic E-state index is 12.7. The fourth-order valence-electron chi connectivity index (χ4n) is 3.68. The largest absolute Gasteiger partial charge is 0.497 e. The first kappa shape index (κ1) is 22.3. The molecule has 7 nitrogen and oxygen atoms in total. The number of amides is 3. The van der Waals surface area contributed by atoms with Gasteiger partial charge in [-0.05, 0) is 50.1 Å². The van der Waals surface area contributed by atoms with Gasteiger partial charge in [0.25, 0.3) is 0 Å². The van der Waals surface area contributed by atoms with E-state index in [1.165, 1.54) is 0 Å². The third kappa shape index (κ3) is 5.84. The van der Waals surface area contributed by atoms with Gasteiger partial charge >= 0.3 is 0 Å². The number of carbonyl (C=O) groups excluding carboxylic acids is 3. The highest BCUT2D eigenvalue weighted by atomic mass is 16.5. The summed E-state index contributed by atoms with van der Waals surface area (Å²) in [5, 5.41) is 5.69. The highest BCUT2D eigenvalue weighted by Gasteiger charge is 2.36. The molecule has 0 spiro atoms. The summed E-state index contributed by atoms with van der Waals surface area (Å²) in [4.78, 5) is 39.2. The molecule has 3 amide bonds. The quantitative estimate of drug-likeness (QED) is 0.682. The second kappa shape index (κ2) is 10.1. The van der Waals surface area contributed by atoms with Gasteiger partial charge in [0, 0.05) is 24.7 Å². The second-order valence-electron chi connectivity index (χ2n) is 7.93. The van der Waals surface area contributed by atoms with Crippen molar-refractivity contribution in [3.05, 3.63) is 60.2 Å². The van der Waals surface area contributed by atoms with Gasteiger partial charge in [0.05, 0.1) is 13.0 Å². The van der Waals surface area contributed by atoms with Crippen molar-refractivity contribution in [2.75, 3.05) is 18.6 Å². The van der Waals surface area contributed by atoms with E-state index in [0.29, 0.717) is 12.2 Å². The van der Waals surface area contributed by atoms with Gasteiger partial charge in [0.15, 0.2) is 0 Å². The van der Waals surface area contributed by atoms with Crippen LogP contribution in [0.3, 0.4) is 0 Å². The van der Waals surface area contributed by atoms with Crippen LogP contribution in [0.25, 0.3) is 0 Å². The van der Waals surface area contributed by atoms with Gasteiger partial charge in [-0.1, -0.05) is 30.3 Å². The van der Waals surface area contributed by atoms with Crippen molar-refractivity contribution in [3.8, 4) is 5.75 Å². The number of hydrogen-bond donors (Lipinski definition) is 2. The topological polar surface area (TPSA) is 87.7 Å². The SMILES string of the molecule is COc1ccc(N2C[C@@H](C(=O)N[C@@H](C)C(=O)N[C@@H](C)Cc3ccccc3)CC2=O)cc1. The molecule has 1 heterocycles. The van der Waals surface area contributed by atoms with Crippen LogP contribution in [0.15, 0.2) is 54.6 Å². The molecule has 2 aromatic rings. The van der Waals surface area contributed by atoms with E-state index < -0.39 is 12.0 Å². The zero-order chi connectivity index (χ0) is 22.4. The lowest BCUT2D eigenvalue weighted by molar-refractivity contribution is -0.131. The van der Waals surface area contributed by atoms with Gasteiger partial charge in [-0.3, -0.25) is 14.4 Å². The first-order valence-electron chi connectivity index (χ1n) is 10.5. The molecule has 31 heavy (non-hydrogen) atoms. The van der Waals surface area contributed by atoms with Crippen LogP contribution in [0.2, 0.25) is 0 Å². The standard InChI is InChI=1S/C24H29N3O4/c1-16(13-18-7-5-4-6-8-18)25-23(29)17(2)26-24(30)19-14-22(28)27(15-19)20-9-11-21(31-3)12-10-20/h4-12,16-17,19H,13-15H2,1-3H3,(H,25,29)(H,26,30)/t16-,17-,19-/m0/s1. The number of carbonyl (C=O) groups is 3. The predicted molar refractivity (Wildman–Crippen MR) is 119 cm³/mol. The zero-order valence-electron chi connectivity index (χ0n) is 18.1. The van der Waals surface area contributed by atoms with Crippen molar-refractivity contribution in [3.63, 3.8) is 0 Å². The van der Waals surface area contributed by atoms with Crippen LogP contribution in [0.1, 0.15) is 25.8 Å². The summed E-state index contributed by atoms with van der Waals surface area (Å²) in [5.74, 6) is -0.438. The molecule has 1 fully saturated rings. The summed E-state index contributed by atoms with van der Waals surface area (Å²) in [6.45, 7) is 3.87. The van der Waals surface area contributed by atoms with Crippen LogP contribution in [-0.2, 0) is 20.8 Å². The Bertz CT molecular complexity index is 914. The minimum absolute atomic E-state index is 0.0622. The fraction of sp³-hybridized carbons (Fsp3) is 0.375. The third-order valence-electron chi connectivity index (χ3n) is 5.41. The Balaban J connectivity index is 1.50. The van der Waals surface area contributed by atoms with E-state index >= 15 is 0 Å². The third-order valence-corrected chi connectivity index (χ3v) is 5.41. The predicted octanol–water partition coefficient (Wildman–Crippen LogP) is 2.30. The van der Waals surface area contributed by atoms with E-state index in [9.17, 15) is 14.4 Å². The molecule has 2 aromatic carbocycles. The fourth-order valence-corrected chi connectivity index (χ4v) is 3.68. The lowest BCUT2D eigenvalue weighted by Gasteiger charge is -2.20. The summed E-state index contributed by atoms with van der Waals surface area (Å²) >= 11 is 0. The number of methoxy groups -OCH3 is 1. The van der Waals surface area contributed by atoms with E-state index in [2.05, 4.69) is 10.6 Å². The number of benzene rings is 2. The van der Waals surface area contributed by atoms with E-state index in [-0.39, 0.29) is 36.7 Å². The zero-order valence-corrected chi connectivity index (χ0v) is 18.1. The van der Waals surface area contributed by atoms with Crippen molar-refractivity contribution in [1.29, 1.82) is 0 Å². The minimum atomic E-state index is -0.684. The maximum Gasteiger partial charge on any atom is 0.242 e. The molecule has 1 saturated heterocycles. The van der Waals surface area contributed by atoms with E-state index in [0.717, 1.165) is 11.3 Å². The van der Waals surface area contributed by atoms with Crippen molar-refractivity contribution >= 4 is 23.4 Å². The number of hydrogen-bond acceptors (Lipinski definition) is 4. The average Bonchev–Trinajstić information content (AvgIpc) is 3.16. The van der Waals surface area contributed by atoms with Crippen molar-refractivity contribution < 1.29 is 19.1 Å². The van der Waals surface area contributed by atoms with Crippen molar-refractivity contribution in [2.24, 2.45) is 5.92 Å². The number of ether oxygens (including phenoxy) is 1. The highest BCUT2D eigenvalue weighted by Crippen LogP contribution is 2.27. The van der Waals surface area contributed by atoms with Crippen molar-refractivity contribution in [2.45, 2.75) is 38.8 Å². The lowest BCUT2D eigenvalue weighted by Crippen LogP contribution is -2.49. The van der Waals surface area contributed by atoms with Gasteiger partial charge < -0.3 is 20.3 Å². The number of nitrogens with one attached hydrogen (secondary N) is 2. The molecule has 3 atom stereocenters. The Morgan fingerprint density at radius 1 is 1.06 bits per heavy atom. The van der Waals surface area contributed by atoms with Gasteiger partial charge in [-0.25, -0.2) is 0 Å². The molecule has 7 heteroatoms. The highest BCUT2D eigenvalue weighted by molar-refractivity contribution is 6.01. The normalized spacial score (nSPS) is 17.7. The van der Waals surface area contributed by atoms with Gasteiger partial charge in [0.1, 0.15) is 11.8 Å². The van der Waals surface area contributed by atoms with E-state index in [1.807, 2.05) is 37.3 Å². The van der Waals surface area contributed by atoms with Crippen LogP contribution in [0.5, 0.6) is 5.75 Å². The molecule has 1 aliphatic rings. The first-order valence-corrected chi connectivity index (χ1v) is 10.5. The minimum Gasteiger partial charge on any atom is -0.497 e. The Kier molecular flexibility index (Phi) is 7.28. The van der Waals surface area contributed by atoms with Gasteiger partial charge in [-0.2, -0.15) is 0 Å². The maximum atomic E-state index is 12.7. The van der Waals surface area contributed by atoms with Crippen LogP contribution >= 0.6 is 0 Å². The monoisotopic (exact) mass is 423 g/mol. The molecule has 164 valence electrons. The Labute approximate surface area is 182 Å². The first-order chi connectivity index (χ1) is 14.9. The second-order valence-corrected chi connectivity index (χ2v) is 7.93. The molecular weight excluding hydrogens is 394 g/mol. The summed E-state index contributed by atoms with van der Waals surface area (Å²) in [7, 11) is 1.58. The summed E-state index contributed by atoms with van der Waals surface area (Å²) in [5.41, 5.74) is 1.86. The van der Waals surface area contributed by atoms with Gasteiger partial charge in [0.2, 0.25) is 17.7 Å². The van der Waals surface area contributed by atoms with Gasteiger partial charge in [-0.15, -0.1) is 0 Å². The van der Waals surface area contributed by atoms with E-state index in [4.69, 9.17) is 4.74 Å². The molecule has 2 N–H and O–H groups in total. The number of rotatable bonds is 8. The van der Waals surface area contributed by atoms with E-state index in [1.54, 1.807) is 43.2 Å². The van der Waals surface area contributed by atoms with Crippen LogP contribution in [-0.4, -0.2) is 43.5 Å². The number of anilines is 1. The summed E-state index contributed by atoms with van der Waals surface area (Å²) < 4.78 is 5.14.